The van der Waals surface area contributed by atoms with E-state index in [0.29, 0.717) is 6.61 Å². The van der Waals surface area contributed by atoms with E-state index in [-0.39, 0.29) is 5.97 Å². The number of ether oxygens (including phenoxy) is 1. The molecule has 1 aromatic carbocycles. The smallest absolute Gasteiger partial charge is 0.328 e. The monoisotopic (exact) mass is 328 g/mol. The second-order valence-corrected chi connectivity index (χ2v) is 5.70. The van der Waals surface area contributed by atoms with Crippen LogP contribution in [-0.4, -0.2) is 23.6 Å². The summed E-state index contributed by atoms with van der Waals surface area (Å²) in [5.41, 5.74) is 0.918. The number of nitrogens with zero attached hydrogens (tertiary/aromatic N) is 1. The van der Waals surface area contributed by atoms with Gasteiger partial charge in [-0.05, 0) is 32.0 Å². The Morgan fingerprint density at radius 3 is 3.11 bits per heavy atom. The molecule has 0 aliphatic rings. The number of hydrogen-bond acceptors (Lipinski definition) is 5. The number of anilines is 1. The maximum atomic E-state index is 11.5. The van der Waals surface area contributed by atoms with Crippen LogP contribution in [0.5, 0.6) is 0 Å². The SMILES string of the molecule is CCOC(=O)C(C)Nc1nc2ccc(Br)cc2s1. The highest BCUT2D eigenvalue weighted by Gasteiger charge is 2.15. The molecule has 1 unspecified atom stereocenters. The standard InChI is InChI=1S/C12H13BrN2O2S/c1-3-17-11(16)7(2)14-12-15-9-5-4-8(13)6-10(9)18-12/h4-7H,3H2,1-2H3,(H,14,15). The Morgan fingerprint density at radius 2 is 2.39 bits per heavy atom. The number of carbonyl (C=O) groups is 1. The minimum Gasteiger partial charge on any atom is -0.464 e. The number of benzene rings is 1. The summed E-state index contributed by atoms with van der Waals surface area (Å²) in [6.45, 7) is 3.94. The minimum atomic E-state index is -0.394. The molecule has 0 saturated heterocycles. The molecule has 0 aliphatic heterocycles. The van der Waals surface area contributed by atoms with Gasteiger partial charge in [0.05, 0.1) is 16.8 Å². The van der Waals surface area contributed by atoms with E-state index in [1.165, 1.54) is 11.3 Å². The van der Waals surface area contributed by atoms with Crippen LogP contribution in [0.25, 0.3) is 10.2 Å². The van der Waals surface area contributed by atoms with Crippen LogP contribution in [0.15, 0.2) is 22.7 Å². The molecule has 1 atom stereocenters. The molecule has 0 spiro atoms. The van der Waals surface area contributed by atoms with Crippen LogP contribution >= 0.6 is 27.3 Å². The lowest BCUT2D eigenvalue weighted by atomic mass is 10.3. The molecule has 96 valence electrons. The van der Waals surface area contributed by atoms with Crippen LogP contribution < -0.4 is 5.32 Å². The number of nitrogens with one attached hydrogen (secondary N) is 1. The van der Waals surface area contributed by atoms with E-state index in [1.807, 2.05) is 18.2 Å². The normalized spacial score (nSPS) is 12.4. The van der Waals surface area contributed by atoms with Gasteiger partial charge < -0.3 is 10.1 Å². The van der Waals surface area contributed by atoms with Crippen LogP contribution in [0.3, 0.4) is 0 Å². The van der Waals surface area contributed by atoms with Gasteiger partial charge in [-0.15, -0.1) is 0 Å². The molecular formula is C12H13BrN2O2S. The molecule has 2 rings (SSSR count). The molecule has 0 saturated carbocycles. The van der Waals surface area contributed by atoms with Gasteiger partial charge in [0.25, 0.3) is 0 Å². The first kappa shape index (κ1) is 13.3. The van der Waals surface area contributed by atoms with Gasteiger partial charge >= 0.3 is 5.97 Å². The Kier molecular flexibility index (Phi) is 4.19. The van der Waals surface area contributed by atoms with Crippen LogP contribution in [-0.2, 0) is 9.53 Å². The highest BCUT2D eigenvalue weighted by molar-refractivity contribution is 9.10. The third-order valence-corrected chi connectivity index (χ3v) is 3.77. The van der Waals surface area contributed by atoms with Crippen molar-refractivity contribution in [1.29, 1.82) is 0 Å². The van der Waals surface area contributed by atoms with E-state index >= 15 is 0 Å². The number of thiazole rings is 1. The molecule has 0 fully saturated rings. The van der Waals surface area contributed by atoms with Gasteiger partial charge in [-0.2, -0.15) is 0 Å². The molecule has 1 heterocycles. The number of hydrogen-bond donors (Lipinski definition) is 1. The van der Waals surface area contributed by atoms with Crippen molar-refractivity contribution in [3.63, 3.8) is 0 Å². The summed E-state index contributed by atoms with van der Waals surface area (Å²) in [7, 11) is 0. The van der Waals surface area contributed by atoms with Crippen LogP contribution in [0, 0.1) is 0 Å². The minimum absolute atomic E-state index is 0.266. The predicted octanol–water partition coefficient (Wildman–Crippen LogP) is 3.42. The summed E-state index contributed by atoms with van der Waals surface area (Å²) < 4.78 is 7.03. The van der Waals surface area contributed by atoms with E-state index in [2.05, 4.69) is 26.2 Å². The Hall–Kier alpha value is -1.14. The van der Waals surface area contributed by atoms with Crippen molar-refractivity contribution in [2.75, 3.05) is 11.9 Å². The summed E-state index contributed by atoms with van der Waals surface area (Å²) >= 11 is 4.94. The Bertz CT molecular complexity index is 570. The first-order chi connectivity index (χ1) is 8.60. The average molecular weight is 329 g/mol. The summed E-state index contributed by atoms with van der Waals surface area (Å²) in [4.78, 5) is 15.9. The lowest BCUT2D eigenvalue weighted by molar-refractivity contribution is -0.143. The molecule has 0 bridgehead atoms. The Morgan fingerprint density at radius 1 is 1.61 bits per heavy atom. The van der Waals surface area contributed by atoms with E-state index in [1.54, 1.807) is 13.8 Å². The lowest BCUT2D eigenvalue weighted by Crippen LogP contribution is -2.28. The van der Waals surface area contributed by atoms with E-state index in [9.17, 15) is 4.79 Å². The molecular weight excluding hydrogens is 316 g/mol. The second-order valence-electron chi connectivity index (χ2n) is 3.75. The Labute approximate surface area is 117 Å². The summed E-state index contributed by atoms with van der Waals surface area (Å²) in [5.74, 6) is -0.266. The van der Waals surface area contributed by atoms with Gasteiger partial charge in [0.15, 0.2) is 5.13 Å². The van der Waals surface area contributed by atoms with Crippen LogP contribution in [0.2, 0.25) is 0 Å². The zero-order valence-corrected chi connectivity index (χ0v) is 12.5. The summed E-state index contributed by atoms with van der Waals surface area (Å²) in [6.07, 6.45) is 0. The number of carbonyl (C=O) groups excluding carboxylic acids is 1. The maximum absolute atomic E-state index is 11.5. The van der Waals surface area contributed by atoms with Crippen molar-refractivity contribution >= 4 is 48.6 Å². The highest BCUT2D eigenvalue weighted by atomic mass is 79.9. The van der Waals surface area contributed by atoms with E-state index in [0.717, 1.165) is 19.8 Å². The first-order valence-corrected chi connectivity index (χ1v) is 7.20. The molecule has 1 aromatic heterocycles. The third-order valence-electron chi connectivity index (χ3n) is 2.33. The highest BCUT2D eigenvalue weighted by Crippen LogP contribution is 2.28. The largest absolute Gasteiger partial charge is 0.464 e. The fourth-order valence-electron chi connectivity index (χ4n) is 1.47. The topological polar surface area (TPSA) is 51.2 Å². The molecule has 0 aliphatic carbocycles. The molecule has 2 aromatic rings. The molecule has 4 nitrogen and oxygen atoms in total. The van der Waals surface area contributed by atoms with Gasteiger partial charge in [-0.1, -0.05) is 27.3 Å². The lowest BCUT2D eigenvalue weighted by Gasteiger charge is -2.10. The van der Waals surface area contributed by atoms with Crippen molar-refractivity contribution in [3.8, 4) is 0 Å². The number of fused-ring (bicyclic) bond motifs is 1. The number of rotatable bonds is 4. The molecule has 6 heteroatoms. The van der Waals surface area contributed by atoms with Crippen LogP contribution in [0.1, 0.15) is 13.8 Å². The predicted molar refractivity (Wildman–Crippen MR) is 77.0 cm³/mol. The summed E-state index contributed by atoms with van der Waals surface area (Å²) in [5, 5.41) is 3.78. The van der Waals surface area contributed by atoms with Crippen molar-refractivity contribution in [1.82, 2.24) is 4.98 Å². The zero-order valence-electron chi connectivity index (χ0n) is 10.1. The van der Waals surface area contributed by atoms with Gasteiger partial charge in [-0.3, -0.25) is 0 Å². The first-order valence-electron chi connectivity index (χ1n) is 5.59. The van der Waals surface area contributed by atoms with Crippen molar-refractivity contribution in [2.24, 2.45) is 0 Å². The van der Waals surface area contributed by atoms with Crippen molar-refractivity contribution < 1.29 is 9.53 Å². The van der Waals surface area contributed by atoms with E-state index < -0.39 is 6.04 Å². The second kappa shape index (κ2) is 5.67. The maximum Gasteiger partial charge on any atom is 0.328 e. The van der Waals surface area contributed by atoms with E-state index in [4.69, 9.17) is 4.74 Å². The van der Waals surface area contributed by atoms with Gasteiger partial charge in [0, 0.05) is 4.47 Å². The van der Waals surface area contributed by atoms with Gasteiger partial charge in [0.2, 0.25) is 0 Å². The average Bonchev–Trinajstić information content (AvgIpc) is 2.70. The summed E-state index contributed by atoms with van der Waals surface area (Å²) in [6, 6.07) is 5.50. The number of esters is 1. The fraction of sp³-hybridized carbons (Fsp3) is 0.333. The molecule has 1 N–H and O–H groups in total. The molecule has 0 amide bonds. The van der Waals surface area contributed by atoms with Crippen LogP contribution in [0.4, 0.5) is 5.13 Å². The van der Waals surface area contributed by atoms with Gasteiger partial charge in [0.1, 0.15) is 6.04 Å². The van der Waals surface area contributed by atoms with Gasteiger partial charge in [-0.25, -0.2) is 9.78 Å². The zero-order chi connectivity index (χ0) is 13.1. The fourth-order valence-corrected chi connectivity index (χ4v) is 2.98. The number of aromatic nitrogens is 1. The van der Waals surface area contributed by atoms with Crippen molar-refractivity contribution in [3.05, 3.63) is 22.7 Å². The van der Waals surface area contributed by atoms with Crippen molar-refractivity contribution in [2.45, 2.75) is 19.9 Å². The third kappa shape index (κ3) is 3.00. The quantitative estimate of drug-likeness (QED) is 0.873. The molecule has 0 radical (unpaired) electrons. The Balaban J connectivity index is 2.14. The number of halogens is 1. The molecule has 18 heavy (non-hydrogen) atoms.